The monoisotopic (exact) mass is 388 g/mol. The highest BCUT2D eigenvalue weighted by Gasteiger charge is 2.41. The third kappa shape index (κ3) is 8.07. The van der Waals surface area contributed by atoms with E-state index in [2.05, 4.69) is 17.7 Å². The summed E-state index contributed by atoms with van der Waals surface area (Å²) in [5, 5.41) is 0. The van der Waals surface area contributed by atoms with Crippen LogP contribution in [0.25, 0.3) is 0 Å². The molecular formula is C23H32O5. The van der Waals surface area contributed by atoms with Crippen molar-refractivity contribution in [3.05, 3.63) is 48.1 Å². The molecule has 0 unspecified atom stereocenters. The fourth-order valence-corrected chi connectivity index (χ4v) is 3.00. The molecule has 0 heterocycles. The van der Waals surface area contributed by atoms with Crippen LogP contribution in [0.3, 0.4) is 0 Å². The van der Waals surface area contributed by atoms with Gasteiger partial charge in [-0.05, 0) is 37.8 Å². The largest absolute Gasteiger partial charge is 0.469 e. The summed E-state index contributed by atoms with van der Waals surface area (Å²) < 4.78 is 10.2. The Morgan fingerprint density at radius 1 is 1.11 bits per heavy atom. The third-order valence-electron chi connectivity index (χ3n) is 4.49. The van der Waals surface area contributed by atoms with E-state index in [4.69, 9.17) is 4.74 Å². The number of ether oxygens (including phenoxy) is 2. The second kappa shape index (κ2) is 12.9. The molecule has 0 radical (unpaired) electrons. The first-order valence-electron chi connectivity index (χ1n) is 9.97. The van der Waals surface area contributed by atoms with Crippen LogP contribution in [0.2, 0.25) is 0 Å². The number of rotatable bonds is 12. The van der Waals surface area contributed by atoms with Gasteiger partial charge in [-0.3, -0.25) is 14.4 Å². The molecule has 1 rings (SSSR count). The van der Waals surface area contributed by atoms with Crippen molar-refractivity contribution in [2.24, 2.45) is 0 Å². The average Bonchev–Trinajstić information content (AvgIpc) is 2.96. The van der Waals surface area contributed by atoms with E-state index in [1.807, 2.05) is 12.2 Å². The summed E-state index contributed by atoms with van der Waals surface area (Å²) >= 11 is 0. The number of hydrogen-bond donors (Lipinski definition) is 0. The Labute approximate surface area is 168 Å². The van der Waals surface area contributed by atoms with Crippen LogP contribution >= 0.6 is 0 Å². The van der Waals surface area contributed by atoms with E-state index >= 15 is 0 Å². The first-order chi connectivity index (χ1) is 13.4. The van der Waals surface area contributed by atoms with Crippen LogP contribution in [-0.2, 0) is 23.9 Å². The van der Waals surface area contributed by atoms with Crippen LogP contribution in [0.1, 0.15) is 65.2 Å². The summed E-state index contributed by atoms with van der Waals surface area (Å²) in [6.07, 6.45) is 19.2. The van der Waals surface area contributed by atoms with Gasteiger partial charge in [0.2, 0.25) is 0 Å². The number of esters is 2. The predicted molar refractivity (Wildman–Crippen MR) is 110 cm³/mol. The van der Waals surface area contributed by atoms with Crippen molar-refractivity contribution < 1.29 is 23.9 Å². The highest BCUT2D eigenvalue weighted by atomic mass is 16.6. The van der Waals surface area contributed by atoms with E-state index in [0.717, 1.165) is 12.8 Å². The Morgan fingerprint density at radius 3 is 2.54 bits per heavy atom. The lowest BCUT2D eigenvalue weighted by atomic mass is 9.91. The predicted octanol–water partition coefficient (Wildman–Crippen LogP) is 4.78. The molecule has 0 bridgehead atoms. The van der Waals surface area contributed by atoms with Gasteiger partial charge >= 0.3 is 11.9 Å². The molecule has 154 valence electrons. The molecule has 0 aromatic carbocycles. The molecule has 0 aromatic rings. The van der Waals surface area contributed by atoms with Gasteiger partial charge < -0.3 is 9.47 Å². The summed E-state index contributed by atoms with van der Waals surface area (Å²) in [7, 11) is 1.37. The molecular weight excluding hydrogens is 356 g/mol. The van der Waals surface area contributed by atoms with Crippen molar-refractivity contribution in [1.82, 2.24) is 0 Å². The van der Waals surface area contributed by atoms with Crippen molar-refractivity contribution in [1.29, 1.82) is 0 Å². The quantitative estimate of drug-likeness (QED) is 0.208. The van der Waals surface area contributed by atoms with Crippen molar-refractivity contribution in [2.75, 3.05) is 7.11 Å². The molecule has 0 spiro atoms. The molecule has 5 heteroatoms. The van der Waals surface area contributed by atoms with Crippen molar-refractivity contribution in [2.45, 2.75) is 70.8 Å². The van der Waals surface area contributed by atoms with Gasteiger partial charge in [-0.2, -0.15) is 0 Å². The maximum atomic E-state index is 12.3. The van der Waals surface area contributed by atoms with Crippen molar-refractivity contribution in [3.63, 3.8) is 0 Å². The summed E-state index contributed by atoms with van der Waals surface area (Å²) in [5.74, 6) is -0.812. The maximum Gasteiger partial charge on any atom is 0.305 e. The smallest absolute Gasteiger partial charge is 0.305 e. The van der Waals surface area contributed by atoms with E-state index < -0.39 is 11.6 Å². The van der Waals surface area contributed by atoms with Gasteiger partial charge in [0, 0.05) is 25.3 Å². The molecule has 5 nitrogen and oxygen atoms in total. The number of carbonyl (C=O) groups is 3. The van der Waals surface area contributed by atoms with Gasteiger partial charge in [-0.1, -0.05) is 50.1 Å². The topological polar surface area (TPSA) is 69.7 Å². The normalized spacial score (nSPS) is 20.5. The highest BCUT2D eigenvalue weighted by Crippen LogP contribution is 2.34. The van der Waals surface area contributed by atoms with Crippen LogP contribution in [0.15, 0.2) is 48.1 Å². The zero-order valence-electron chi connectivity index (χ0n) is 17.2. The molecule has 0 aliphatic heterocycles. The molecule has 28 heavy (non-hydrogen) atoms. The highest BCUT2D eigenvalue weighted by molar-refractivity contribution is 6.09. The Bertz CT molecular complexity index is 654. The average molecular weight is 389 g/mol. The molecule has 1 aliphatic carbocycles. The van der Waals surface area contributed by atoms with Crippen LogP contribution in [0.4, 0.5) is 0 Å². The van der Waals surface area contributed by atoms with Crippen molar-refractivity contribution >= 4 is 17.7 Å². The second-order valence-electron chi connectivity index (χ2n) is 6.83. The van der Waals surface area contributed by atoms with Gasteiger partial charge in [0.05, 0.1) is 7.11 Å². The Kier molecular flexibility index (Phi) is 10.8. The van der Waals surface area contributed by atoms with Crippen LogP contribution < -0.4 is 0 Å². The lowest BCUT2D eigenvalue weighted by Crippen LogP contribution is -2.33. The fourth-order valence-electron chi connectivity index (χ4n) is 3.00. The Hall–Kier alpha value is -2.43. The van der Waals surface area contributed by atoms with E-state index in [-0.39, 0.29) is 11.8 Å². The standard InChI is InChI=1S/C23H32O5/c1-4-5-6-7-10-13-17-23(28-19(2)24)18-16-21(25)20(23)14-11-8-9-12-15-22(26)27-3/h8,10-11,13-14,16,18H,4-7,9,12,15,17H2,1-3H3/b11-8+,13-10+,20-14+/t23-/m0/s1. The number of carbonyl (C=O) groups excluding carboxylic acids is 3. The fraction of sp³-hybridized carbons (Fsp3) is 0.522. The summed E-state index contributed by atoms with van der Waals surface area (Å²) in [5.41, 5.74) is -0.592. The molecule has 0 saturated heterocycles. The molecule has 1 atom stereocenters. The van der Waals surface area contributed by atoms with Gasteiger partial charge in [0.15, 0.2) is 11.4 Å². The summed E-state index contributed by atoms with van der Waals surface area (Å²) in [6, 6.07) is 0. The third-order valence-corrected chi connectivity index (χ3v) is 4.49. The summed E-state index contributed by atoms with van der Waals surface area (Å²) in [6.45, 7) is 3.51. The molecule has 0 fully saturated rings. The minimum atomic E-state index is -1.04. The van der Waals surface area contributed by atoms with E-state index in [0.29, 0.717) is 31.3 Å². The van der Waals surface area contributed by atoms with Crippen molar-refractivity contribution in [3.8, 4) is 0 Å². The number of methoxy groups -OCH3 is 1. The Morgan fingerprint density at radius 2 is 1.86 bits per heavy atom. The van der Waals surface area contributed by atoms with Crippen LogP contribution in [0.5, 0.6) is 0 Å². The lowest BCUT2D eigenvalue weighted by Gasteiger charge is -2.27. The SMILES string of the molecule is CCCCC/C=C/C[C@]1(OC(C)=O)C=CC(=O)/C1=C\C=C\CCCC(=O)OC. The first kappa shape index (κ1) is 23.6. The summed E-state index contributed by atoms with van der Waals surface area (Å²) in [4.78, 5) is 35.1. The van der Waals surface area contributed by atoms with E-state index in [1.54, 1.807) is 18.2 Å². The van der Waals surface area contributed by atoms with Gasteiger partial charge in [-0.25, -0.2) is 0 Å². The van der Waals surface area contributed by atoms with Crippen LogP contribution in [-0.4, -0.2) is 30.4 Å². The van der Waals surface area contributed by atoms with Gasteiger partial charge in [-0.15, -0.1) is 0 Å². The molecule has 0 aromatic heterocycles. The number of ketones is 1. The maximum absolute atomic E-state index is 12.3. The van der Waals surface area contributed by atoms with Gasteiger partial charge in [0.1, 0.15) is 0 Å². The minimum Gasteiger partial charge on any atom is -0.469 e. The van der Waals surface area contributed by atoms with E-state index in [1.165, 1.54) is 33.0 Å². The lowest BCUT2D eigenvalue weighted by molar-refractivity contribution is -0.149. The zero-order valence-corrected chi connectivity index (χ0v) is 17.2. The van der Waals surface area contributed by atoms with Gasteiger partial charge in [0.25, 0.3) is 0 Å². The second-order valence-corrected chi connectivity index (χ2v) is 6.83. The minimum absolute atomic E-state index is 0.153. The molecule has 0 saturated carbocycles. The molecule has 0 amide bonds. The molecule has 1 aliphatic rings. The number of hydrogen-bond acceptors (Lipinski definition) is 5. The first-order valence-corrected chi connectivity index (χ1v) is 9.97. The van der Waals surface area contributed by atoms with Crippen LogP contribution in [0, 0.1) is 0 Å². The Balaban J connectivity index is 2.79. The zero-order chi connectivity index (χ0) is 20.8. The van der Waals surface area contributed by atoms with E-state index in [9.17, 15) is 14.4 Å². The number of unbranched alkanes of at least 4 members (excludes halogenated alkanes) is 4. The molecule has 0 N–H and O–H groups in total. The number of allylic oxidation sites excluding steroid dienone is 5.